The van der Waals surface area contributed by atoms with E-state index in [4.69, 9.17) is 11.7 Å². The number of anilines is 2. The first kappa shape index (κ1) is 21.0. The van der Waals surface area contributed by atoms with Crippen molar-refractivity contribution in [3.63, 3.8) is 0 Å². The molecule has 0 spiro atoms. The molecular weight excluding hydrogens is 404 g/mol. The molecule has 7 heteroatoms. The number of aromatic nitrogens is 2. The number of fused-ring (bicyclic) bond motifs is 1. The Labute approximate surface area is 185 Å². The van der Waals surface area contributed by atoms with Gasteiger partial charge in [-0.3, -0.25) is 9.59 Å². The average Bonchev–Trinajstić information content (AvgIpc) is 3.08. The smallest absolute Gasteiger partial charge is 0.327 e. The van der Waals surface area contributed by atoms with Crippen molar-refractivity contribution in [3.05, 3.63) is 92.2 Å². The van der Waals surface area contributed by atoms with E-state index in [1.165, 1.54) is 28.6 Å². The second kappa shape index (κ2) is 8.84. The Hall–Kier alpha value is -4.27. The van der Waals surface area contributed by atoms with Gasteiger partial charge < -0.3 is 14.9 Å². The van der Waals surface area contributed by atoms with Crippen molar-refractivity contribution in [1.29, 1.82) is 0 Å². The van der Waals surface area contributed by atoms with E-state index in [1.807, 2.05) is 6.07 Å². The third-order valence-corrected chi connectivity index (χ3v) is 5.42. The van der Waals surface area contributed by atoms with Crippen molar-refractivity contribution in [2.75, 3.05) is 11.4 Å². The Morgan fingerprint density at radius 2 is 2.03 bits per heavy atom. The van der Waals surface area contributed by atoms with Crippen molar-refractivity contribution in [2.45, 2.75) is 26.3 Å². The molecule has 1 aromatic heterocycles. The zero-order valence-corrected chi connectivity index (χ0v) is 17.6. The van der Waals surface area contributed by atoms with Crippen molar-refractivity contribution < 1.29 is 9.90 Å². The van der Waals surface area contributed by atoms with Crippen LogP contribution in [0.4, 0.5) is 17.2 Å². The van der Waals surface area contributed by atoms with Crippen LogP contribution in [-0.4, -0.2) is 27.4 Å². The molecule has 2 aromatic carbocycles. The molecule has 160 valence electrons. The van der Waals surface area contributed by atoms with Crippen molar-refractivity contribution in [3.8, 4) is 0 Å². The molecule has 0 radical (unpaired) electrons. The normalized spacial score (nSPS) is 12.4. The van der Waals surface area contributed by atoms with Crippen LogP contribution in [0, 0.1) is 13.5 Å². The lowest BCUT2D eigenvalue weighted by Crippen LogP contribution is -2.24. The summed E-state index contributed by atoms with van der Waals surface area (Å²) in [6.45, 7) is 9.74. The number of nitrogens with one attached hydrogen (secondary N) is 1. The Balaban J connectivity index is 1.62. The predicted molar refractivity (Wildman–Crippen MR) is 124 cm³/mol. The number of carboxylic acid groups (broad SMARTS) is 1. The predicted octanol–water partition coefficient (Wildman–Crippen LogP) is 4.53. The van der Waals surface area contributed by atoms with Crippen LogP contribution in [0.1, 0.15) is 28.7 Å². The van der Waals surface area contributed by atoms with Gasteiger partial charge in [0.1, 0.15) is 0 Å². The minimum absolute atomic E-state index is 0.00340. The number of hydrogen-bond acceptors (Lipinski definition) is 3. The first-order valence-electron chi connectivity index (χ1n) is 10.3. The first-order chi connectivity index (χ1) is 15.5. The fourth-order valence-electron chi connectivity index (χ4n) is 3.87. The third-order valence-electron chi connectivity index (χ3n) is 5.42. The highest BCUT2D eigenvalue weighted by atomic mass is 16.4. The molecule has 0 saturated heterocycles. The summed E-state index contributed by atoms with van der Waals surface area (Å²) in [6.07, 6.45) is 5.23. The van der Waals surface area contributed by atoms with E-state index >= 15 is 0 Å². The summed E-state index contributed by atoms with van der Waals surface area (Å²) in [5.74, 6) is -1.17. The number of H-pyrrole nitrogens is 1. The summed E-state index contributed by atoms with van der Waals surface area (Å²) >= 11 is 0. The summed E-state index contributed by atoms with van der Waals surface area (Å²) in [6, 6.07) is 14.7. The molecule has 1 aliphatic rings. The number of nitrogens with zero attached hydrogens (tertiary/aromatic N) is 3. The quantitative estimate of drug-likeness (QED) is 0.464. The number of carboxylic acids is 1. The minimum atomic E-state index is -1.16. The molecule has 2 N–H and O–H groups in total. The Kier molecular flexibility index (Phi) is 5.80. The first-order valence-corrected chi connectivity index (χ1v) is 10.3. The van der Waals surface area contributed by atoms with Gasteiger partial charge in [-0.05, 0) is 67.3 Å². The van der Waals surface area contributed by atoms with Gasteiger partial charge in [0.15, 0.2) is 6.54 Å². The molecule has 0 atom stereocenters. The van der Waals surface area contributed by atoms with E-state index in [2.05, 4.69) is 63.9 Å². The van der Waals surface area contributed by atoms with E-state index in [0.29, 0.717) is 0 Å². The van der Waals surface area contributed by atoms with Crippen LogP contribution in [0.15, 0.2) is 53.0 Å². The lowest BCUT2D eigenvalue weighted by molar-refractivity contribution is -0.137. The molecule has 0 fully saturated rings. The van der Waals surface area contributed by atoms with Gasteiger partial charge in [0.2, 0.25) is 0 Å². The summed E-state index contributed by atoms with van der Waals surface area (Å²) in [7, 11) is 0. The summed E-state index contributed by atoms with van der Waals surface area (Å²) in [4.78, 5) is 28.8. The molecule has 3 aromatic rings. The van der Waals surface area contributed by atoms with E-state index < -0.39 is 18.1 Å². The monoisotopic (exact) mass is 426 g/mol. The highest BCUT2D eigenvalue weighted by Crippen LogP contribution is 2.34. The topological polar surface area (TPSA) is 82.7 Å². The second-order valence-electron chi connectivity index (χ2n) is 7.71. The number of rotatable bonds is 5. The lowest BCUT2D eigenvalue weighted by atomic mass is 9.98. The lowest BCUT2D eigenvalue weighted by Gasteiger charge is -2.31. The van der Waals surface area contributed by atoms with E-state index in [-0.39, 0.29) is 11.4 Å². The largest absolute Gasteiger partial charge is 0.480 e. The van der Waals surface area contributed by atoms with E-state index in [9.17, 15) is 9.59 Å². The van der Waals surface area contributed by atoms with Crippen LogP contribution < -0.4 is 10.5 Å². The summed E-state index contributed by atoms with van der Waals surface area (Å²) in [5.41, 5.74) is 8.30. The van der Waals surface area contributed by atoms with Crippen molar-refractivity contribution in [1.82, 2.24) is 9.78 Å². The molecule has 1 aliphatic heterocycles. The number of aryl methyl sites for hydroxylation is 2. The third kappa shape index (κ3) is 4.27. The van der Waals surface area contributed by atoms with Crippen molar-refractivity contribution >= 4 is 35.3 Å². The molecule has 0 bridgehead atoms. The van der Waals surface area contributed by atoms with Crippen LogP contribution in [0.5, 0.6) is 0 Å². The molecule has 2 heterocycles. The maximum absolute atomic E-state index is 12.3. The highest BCUT2D eigenvalue weighted by Gasteiger charge is 2.18. The fraction of sp³-hybridized carbons (Fsp3) is 0.200. The average molecular weight is 426 g/mol. The maximum Gasteiger partial charge on any atom is 0.327 e. The van der Waals surface area contributed by atoms with E-state index in [0.717, 1.165) is 29.6 Å². The molecule has 32 heavy (non-hydrogen) atoms. The number of aliphatic carboxylic acids is 1. The Morgan fingerprint density at radius 1 is 1.25 bits per heavy atom. The number of benzene rings is 2. The van der Waals surface area contributed by atoms with Crippen molar-refractivity contribution in [2.24, 2.45) is 0 Å². The minimum Gasteiger partial charge on any atom is -0.480 e. The molecule has 4 rings (SSSR count). The molecule has 0 aliphatic carbocycles. The Bertz CT molecular complexity index is 1330. The summed E-state index contributed by atoms with van der Waals surface area (Å²) < 4.78 is 0.905. The molecule has 0 amide bonds. The fourth-order valence-corrected chi connectivity index (χ4v) is 3.87. The second-order valence-corrected chi connectivity index (χ2v) is 7.71. The number of aromatic amines is 1. The van der Waals surface area contributed by atoms with Gasteiger partial charge in [-0.1, -0.05) is 30.3 Å². The van der Waals surface area contributed by atoms with Gasteiger partial charge >= 0.3 is 5.97 Å². The van der Waals surface area contributed by atoms with Crippen LogP contribution in [0.3, 0.4) is 0 Å². The number of carbonyl (C=O) groups is 1. The van der Waals surface area contributed by atoms with Gasteiger partial charge in [-0.2, -0.15) is 4.68 Å². The maximum atomic E-state index is 12.3. The molecule has 7 nitrogen and oxygen atoms in total. The van der Waals surface area contributed by atoms with E-state index in [1.54, 1.807) is 6.08 Å². The molecule has 0 saturated carbocycles. The zero-order valence-electron chi connectivity index (χ0n) is 17.6. The van der Waals surface area contributed by atoms with Crippen LogP contribution in [0.25, 0.3) is 17.0 Å². The van der Waals surface area contributed by atoms with Gasteiger partial charge in [0.05, 0.1) is 5.56 Å². The van der Waals surface area contributed by atoms with Gasteiger partial charge in [-0.15, -0.1) is 5.73 Å². The van der Waals surface area contributed by atoms with Gasteiger partial charge in [0, 0.05) is 17.9 Å². The van der Waals surface area contributed by atoms with Gasteiger partial charge in [-0.25, -0.2) is 5.10 Å². The highest BCUT2D eigenvalue weighted by molar-refractivity contribution is 5.72. The molecular formula is C25H22N4O3. The van der Waals surface area contributed by atoms with Crippen LogP contribution in [0.2, 0.25) is 0 Å². The van der Waals surface area contributed by atoms with Crippen LogP contribution in [-0.2, 0) is 17.8 Å². The zero-order chi connectivity index (χ0) is 22.7. The van der Waals surface area contributed by atoms with Gasteiger partial charge in [0.25, 0.3) is 11.4 Å². The van der Waals surface area contributed by atoms with Crippen LogP contribution >= 0.6 is 0 Å². The Morgan fingerprint density at radius 3 is 2.75 bits per heavy atom. The summed E-state index contributed by atoms with van der Waals surface area (Å²) in [5, 5.41) is 11.4. The standard InChI is InChI=1S/C25H22N4O3/c1-17-8-11-20(12-9-17)28-14-4-6-19-15-18(10-13-22(19)28)5-3-7-21-24(26-2)27-29(25(21)32)16-23(30)31/h5,7-13,15,27H,4,6,14,16H2,1H3,(H,30,31). The molecule has 0 unspecified atom stereocenters. The number of hydrogen-bond donors (Lipinski definition) is 2. The SMILES string of the molecule is [C-]#[N+]c1[nH]n(CC(=O)O)c(=O)c1C=C=Cc1ccc2c(c1)CCCN2c1ccc(C)cc1.